The Morgan fingerprint density at radius 2 is 2.05 bits per heavy atom. The fourth-order valence-electron chi connectivity index (χ4n) is 2.60. The first-order chi connectivity index (χ1) is 9.80. The van der Waals surface area contributed by atoms with Crippen molar-refractivity contribution in [2.75, 3.05) is 0 Å². The zero-order chi connectivity index (χ0) is 16.0. The lowest BCUT2D eigenvalue weighted by molar-refractivity contribution is -0.160. The quantitative estimate of drug-likeness (QED) is 0.479. The Morgan fingerprint density at radius 3 is 2.57 bits per heavy atom. The molecule has 1 fully saturated rings. The lowest BCUT2D eigenvalue weighted by atomic mass is 9.90. The molecule has 0 radical (unpaired) electrons. The summed E-state index contributed by atoms with van der Waals surface area (Å²) in [5.41, 5.74) is -0.392. The second-order valence-electron chi connectivity index (χ2n) is 7.37. The molecule has 0 bridgehead atoms. The molecule has 21 heavy (non-hydrogen) atoms. The van der Waals surface area contributed by atoms with Crippen LogP contribution >= 0.6 is 0 Å². The van der Waals surface area contributed by atoms with E-state index in [4.69, 9.17) is 4.74 Å². The van der Waals surface area contributed by atoms with Crippen LogP contribution in [0.3, 0.4) is 0 Å². The van der Waals surface area contributed by atoms with E-state index >= 15 is 0 Å². The van der Waals surface area contributed by atoms with Crippen LogP contribution in [0.1, 0.15) is 60.3 Å². The summed E-state index contributed by atoms with van der Waals surface area (Å²) in [6.45, 7) is 14.3. The Morgan fingerprint density at radius 1 is 1.38 bits per heavy atom. The van der Waals surface area contributed by atoms with Crippen molar-refractivity contribution in [3.63, 3.8) is 0 Å². The predicted molar refractivity (Wildman–Crippen MR) is 89.0 cm³/mol. The maximum absolute atomic E-state index is 12.2. The van der Waals surface area contributed by atoms with Crippen LogP contribution in [0, 0.1) is 23.2 Å². The van der Waals surface area contributed by atoms with Crippen LogP contribution < -0.4 is 0 Å². The molecule has 2 heteroatoms. The van der Waals surface area contributed by atoms with E-state index in [1.165, 1.54) is 0 Å². The molecule has 120 valence electrons. The number of carbonyl (C=O) groups is 1. The van der Waals surface area contributed by atoms with Crippen LogP contribution in [0.2, 0.25) is 0 Å². The van der Waals surface area contributed by atoms with Gasteiger partial charge in [-0.25, -0.2) is 0 Å². The molecule has 0 saturated heterocycles. The fraction of sp³-hybridized carbons (Fsp3) is 0.737. The van der Waals surface area contributed by atoms with Crippen molar-refractivity contribution in [2.24, 2.45) is 23.2 Å². The monoisotopic (exact) mass is 292 g/mol. The lowest BCUT2D eigenvalue weighted by Gasteiger charge is -2.25. The highest BCUT2D eigenvalue weighted by Gasteiger charge is 2.37. The van der Waals surface area contributed by atoms with Gasteiger partial charge in [-0.3, -0.25) is 4.79 Å². The Bertz CT molecular complexity index is 379. The smallest absolute Gasteiger partial charge is 0.311 e. The van der Waals surface area contributed by atoms with Crippen molar-refractivity contribution >= 4 is 5.97 Å². The average Bonchev–Trinajstić information content (AvgIpc) is 2.80. The van der Waals surface area contributed by atoms with E-state index in [2.05, 4.69) is 32.6 Å². The van der Waals surface area contributed by atoms with Gasteiger partial charge in [-0.05, 0) is 51.4 Å². The fourth-order valence-corrected chi connectivity index (χ4v) is 2.60. The van der Waals surface area contributed by atoms with Gasteiger partial charge < -0.3 is 4.74 Å². The van der Waals surface area contributed by atoms with Crippen molar-refractivity contribution < 1.29 is 9.53 Å². The van der Waals surface area contributed by atoms with Gasteiger partial charge in [-0.2, -0.15) is 0 Å². The molecule has 0 aromatic rings. The summed E-state index contributed by atoms with van der Waals surface area (Å²) in [5.74, 6) is 1.41. The standard InChI is InChI=1S/C19H32O2/c1-7-16-12-15(11-9-10-14(3)4)13-17(16)21-18(20)19(5,6)8-2/h7,9,11,14-17H,1,8,10,12-13H2,2-6H3/b11-9+. The van der Waals surface area contributed by atoms with E-state index in [1.54, 1.807) is 0 Å². The second-order valence-corrected chi connectivity index (χ2v) is 7.37. The van der Waals surface area contributed by atoms with E-state index in [0.29, 0.717) is 11.8 Å². The molecule has 0 aliphatic heterocycles. The third kappa shape index (κ3) is 5.33. The van der Waals surface area contributed by atoms with E-state index < -0.39 is 5.41 Å². The molecule has 1 rings (SSSR count). The molecule has 0 heterocycles. The Labute approximate surface area is 130 Å². The van der Waals surface area contributed by atoms with Gasteiger partial charge in [0, 0.05) is 5.92 Å². The molecular formula is C19H32O2. The molecule has 0 aromatic carbocycles. The van der Waals surface area contributed by atoms with Crippen LogP contribution in [-0.4, -0.2) is 12.1 Å². The van der Waals surface area contributed by atoms with Crippen LogP contribution in [0.25, 0.3) is 0 Å². The molecule has 0 N–H and O–H groups in total. The normalized spacial score (nSPS) is 26.5. The number of hydrogen-bond donors (Lipinski definition) is 0. The van der Waals surface area contributed by atoms with Crippen molar-refractivity contribution in [2.45, 2.75) is 66.4 Å². The summed E-state index contributed by atoms with van der Waals surface area (Å²) >= 11 is 0. The summed E-state index contributed by atoms with van der Waals surface area (Å²) < 4.78 is 5.78. The van der Waals surface area contributed by atoms with Crippen LogP contribution in [0.4, 0.5) is 0 Å². The zero-order valence-corrected chi connectivity index (χ0v) is 14.4. The van der Waals surface area contributed by atoms with E-state index in [1.807, 2.05) is 26.8 Å². The number of rotatable bonds is 7. The highest BCUT2D eigenvalue weighted by Crippen LogP contribution is 2.36. The highest BCUT2D eigenvalue weighted by atomic mass is 16.5. The summed E-state index contributed by atoms with van der Waals surface area (Å²) in [5, 5.41) is 0. The van der Waals surface area contributed by atoms with Crippen molar-refractivity contribution in [1.82, 2.24) is 0 Å². The first kappa shape index (κ1) is 18.0. The molecule has 3 atom stereocenters. The Kier molecular flexibility index (Phi) is 6.70. The number of carbonyl (C=O) groups excluding carboxylic acids is 1. The minimum absolute atomic E-state index is 0.00507. The van der Waals surface area contributed by atoms with Crippen molar-refractivity contribution in [3.05, 3.63) is 24.8 Å². The van der Waals surface area contributed by atoms with Crippen LogP contribution in [-0.2, 0) is 9.53 Å². The second kappa shape index (κ2) is 7.82. The minimum atomic E-state index is -0.392. The minimum Gasteiger partial charge on any atom is -0.461 e. The van der Waals surface area contributed by atoms with Gasteiger partial charge in [-0.15, -0.1) is 6.58 Å². The Hall–Kier alpha value is -1.05. The van der Waals surface area contributed by atoms with E-state index in [0.717, 1.165) is 25.7 Å². The molecule has 1 aliphatic rings. The SMILES string of the molecule is C=CC1CC(/C=C/CC(C)C)CC1OC(=O)C(C)(C)CC. The third-order valence-corrected chi connectivity index (χ3v) is 4.60. The topological polar surface area (TPSA) is 26.3 Å². The molecule has 0 spiro atoms. The average molecular weight is 292 g/mol. The first-order valence-corrected chi connectivity index (χ1v) is 8.30. The van der Waals surface area contributed by atoms with Gasteiger partial charge in [0.25, 0.3) is 0 Å². The van der Waals surface area contributed by atoms with Gasteiger partial charge in [-0.1, -0.05) is 39.0 Å². The Balaban J connectivity index is 2.60. The van der Waals surface area contributed by atoms with Crippen molar-refractivity contribution in [3.8, 4) is 0 Å². The molecule has 1 aliphatic carbocycles. The molecule has 3 unspecified atom stereocenters. The highest BCUT2D eigenvalue weighted by molar-refractivity contribution is 5.76. The van der Waals surface area contributed by atoms with E-state index in [9.17, 15) is 4.79 Å². The summed E-state index contributed by atoms with van der Waals surface area (Å²) in [6.07, 6.45) is 10.4. The number of esters is 1. The van der Waals surface area contributed by atoms with Crippen LogP contribution in [0.5, 0.6) is 0 Å². The summed E-state index contributed by atoms with van der Waals surface area (Å²) in [4.78, 5) is 12.2. The molecule has 0 amide bonds. The number of ether oxygens (including phenoxy) is 1. The predicted octanol–water partition coefficient (Wildman–Crippen LogP) is 5.15. The number of hydrogen-bond acceptors (Lipinski definition) is 2. The largest absolute Gasteiger partial charge is 0.461 e. The molecular weight excluding hydrogens is 260 g/mol. The van der Waals surface area contributed by atoms with Gasteiger partial charge in [0.1, 0.15) is 6.10 Å². The summed E-state index contributed by atoms with van der Waals surface area (Å²) in [7, 11) is 0. The van der Waals surface area contributed by atoms with Gasteiger partial charge >= 0.3 is 5.97 Å². The maximum Gasteiger partial charge on any atom is 0.311 e. The molecule has 1 saturated carbocycles. The third-order valence-electron chi connectivity index (χ3n) is 4.60. The van der Waals surface area contributed by atoms with Crippen LogP contribution in [0.15, 0.2) is 24.8 Å². The number of allylic oxidation sites excluding steroid dienone is 2. The lowest BCUT2D eigenvalue weighted by Crippen LogP contribution is -2.31. The van der Waals surface area contributed by atoms with E-state index in [-0.39, 0.29) is 18.0 Å². The summed E-state index contributed by atoms with van der Waals surface area (Å²) in [6, 6.07) is 0. The van der Waals surface area contributed by atoms with Gasteiger partial charge in [0.15, 0.2) is 0 Å². The first-order valence-electron chi connectivity index (χ1n) is 8.30. The molecule has 2 nitrogen and oxygen atoms in total. The molecule has 0 aromatic heterocycles. The van der Waals surface area contributed by atoms with Crippen molar-refractivity contribution in [1.29, 1.82) is 0 Å². The van der Waals surface area contributed by atoms with Gasteiger partial charge in [0.05, 0.1) is 5.41 Å². The van der Waals surface area contributed by atoms with Gasteiger partial charge in [0.2, 0.25) is 0 Å². The maximum atomic E-state index is 12.2. The zero-order valence-electron chi connectivity index (χ0n) is 14.4.